The molecule has 3 heterocycles. The van der Waals surface area contributed by atoms with Gasteiger partial charge in [0.05, 0.1) is 0 Å². The summed E-state index contributed by atoms with van der Waals surface area (Å²) in [4.78, 5) is 18.9. The first-order valence-corrected chi connectivity index (χ1v) is 8.95. The van der Waals surface area contributed by atoms with Gasteiger partial charge in [-0.1, -0.05) is 28.5 Å². The Morgan fingerprint density at radius 2 is 2.07 bits per heavy atom. The second kappa shape index (κ2) is 7.61. The average Bonchev–Trinajstić information content (AvgIpc) is 3.36. The normalized spacial score (nSPS) is 17.1. The lowest BCUT2D eigenvalue weighted by atomic mass is 10.0. The Morgan fingerprint density at radius 3 is 2.85 bits per heavy atom. The van der Waals surface area contributed by atoms with Crippen molar-refractivity contribution in [3.63, 3.8) is 0 Å². The van der Waals surface area contributed by atoms with E-state index < -0.39 is 0 Å². The summed E-state index contributed by atoms with van der Waals surface area (Å²) in [6.07, 6.45) is 2.71. The number of aromatic nitrogens is 3. The third-order valence-corrected chi connectivity index (χ3v) is 4.51. The second-order valence-electron chi connectivity index (χ2n) is 6.48. The smallest absolute Gasteiger partial charge is 0.261 e. The molecule has 1 aromatic carbocycles. The van der Waals surface area contributed by atoms with Gasteiger partial charge in [0, 0.05) is 12.6 Å². The van der Waals surface area contributed by atoms with Crippen LogP contribution in [0, 0.1) is 6.92 Å². The van der Waals surface area contributed by atoms with Crippen LogP contribution < -0.4 is 4.74 Å². The van der Waals surface area contributed by atoms with Gasteiger partial charge < -0.3 is 18.7 Å². The average molecular weight is 368 g/mol. The van der Waals surface area contributed by atoms with Crippen molar-refractivity contribution in [2.45, 2.75) is 32.2 Å². The van der Waals surface area contributed by atoms with Crippen molar-refractivity contribution >= 4 is 5.91 Å². The van der Waals surface area contributed by atoms with Crippen LogP contribution in [0.1, 0.15) is 37.0 Å². The maximum absolute atomic E-state index is 12.7. The van der Waals surface area contributed by atoms with Crippen LogP contribution in [0.5, 0.6) is 5.75 Å². The molecule has 0 spiro atoms. The number of ether oxygens (including phenoxy) is 1. The Hall–Kier alpha value is -3.16. The van der Waals surface area contributed by atoms with Crippen molar-refractivity contribution in [1.29, 1.82) is 0 Å². The van der Waals surface area contributed by atoms with Gasteiger partial charge in [-0.05, 0) is 38.3 Å². The number of piperidine rings is 1. The number of para-hydroxylation sites is 1. The van der Waals surface area contributed by atoms with E-state index in [4.69, 9.17) is 13.8 Å². The van der Waals surface area contributed by atoms with Crippen molar-refractivity contribution in [2.24, 2.45) is 0 Å². The quantitative estimate of drug-likeness (QED) is 0.682. The molecule has 4 rings (SSSR count). The molecule has 2 aromatic heterocycles. The van der Waals surface area contributed by atoms with E-state index in [1.807, 2.05) is 30.3 Å². The lowest BCUT2D eigenvalue weighted by molar-refractivity contribution is -0.138. The van der Waals surface area contributed by atoms with Crippen LogP contribution in [0.2, 0.25) is 0 Å². The number of carbonyl (C=O) groups is 1. The number of aryl methyl sites for hydroxylation is 1. The molecular formula is C19H20N4O4. The monoisotopic (exact) mass is 368 g/mol. The number of hydrogen-bond acceptors (Lipinski definition) is 7. The van der Waals surface area contributed by atoms with Gasteiger partial charge in [-0.15, -0.1) is 0 Å². The molecule has 1 aliphatic rings. The molecule has 1 aliphatic heterocycles. The summed E-state index contributed by atoms with van der Waals surface area (Å²) in [6, 6.07) is 10.8. The summed E-state index contributed by atoms with van der Waals surface area (Å²) in [6.45, 7) is 2.41. The fourth-order valence-electron chi connectivity index (χ4n) is 3.18. The van der Waals surface area contributed by atoms with E-state index in [2.05, 4.69) is 15.3 Å². The van der Waals surface area contributed by atoms with Crippen molar-refractivity contribution < 1.29 is 18.6 Å². The molecule has 0 N–H and O–H groups in total. The van der Waals surface area contributed by atoms with E-state index in [1.54, 1.807) is 17.9 Å². The van der Waals surface area contributed by atoms with E-state index in [0.29, 0.717) is 35.5 Å². The van der Waals surface area contributed by atoms with Gasteiger partial charge in [-0.2, -0.15) is 4.98 Å². The predicted octanol–water partition coefficient (Wildman–Crippen LogP) is 3.17. The zero-order valence-electron chi connectivity index (χ0n) is 15.0. The zero-order chi connectivity index (χ0) is 18.6. The molecule has 8 nitrogen and oxygen atoms in total. The Balaban J connectivity index is 1.47. The van der Waals surface area contributed by atoms with E-state index in [1.165, 1.54) is 0 Å². The molecule has 1 fully saturated rings. The van der Waals surface area contributed by atoms with Gasteiger partial charge in [0.1, 0.15) is 17.6 Å². The highest BCUT2D eigenvalue weighted by Crippen LogP contribution is 2.31. The highest BCUT2D eigenvalue weighted by Gasteiger charge is 2.32. The summed E-state index contributed by atoms with van der Waals surface area (Å²) < 4.78 is 16.1. The minimum absolute atomic E-state index is 0.0238. The maximum atomic E-state index is 12.7. The Labute approximate surface area is 156 Å². The van der Waals surface area contributed by atoms with Crippen LogP contribution in [-0.2, 0) is 4.79 Å². The van der Waals surface area contributed by atoms with Gasteiger partial charge in [0.25, 0.3) is 5.91 Å². The number of nitrogens with zero attached hydrogens (tertiary/aromatic N) is 4. The van der Waals surface area contributed by atoms with Gasteiger partial charge in [0.2, 0.25) is 11.7 Å². The predicted molar refractivity (Wildman–Crippen MR) is 94.8 cm³/mol. The van der Waals surface area contributed by atoms with Crippen molar-refractivity contribution in [3.05, 3.63) is 48.0 Å². The molecule has 1 unspecified atom stereocenters. The summed E-state index contributed by atoms with van der Waals surface area (Å²) in [7, 11) is 0. The van der Waals surface area contributed by atoms with Crippen LogP contribution in [0.3, 0.4) is 0 Å². The molecule has 1 amide bonds. The molecule has 0 radical (unpaired) electrons. The standard InChI is InChI=1S/C19H20N4O4/c1-13-11-15(21-26-13)18-20-19(27-22-18)16-9-5-6-10-23(16)17(24)12-25-14-7-3-2-4-8-14/h2-4,7-8,11,16H,5-6,9-10,12H2,1H3. The van der Waals surface area contributed by atoms with E-state index >= 15 is 0 Å². The van der Waals surface area contributed by atoms with E-state index in [0.717, 1.165) is 19.3 Å². The molecule has 1 saturated heterocycles. The molecule has 0 bridgehead atoms. The Bertz CT molecular complexity index is 905. The van der Waals surface area contributed by atoms with Crippen LogP contribution in [0.25, 0.3) is 11.5 Å². The lowest BCUT2D eigenvalue weighted by Gasteiger charge is -2.33. The number of hydrogen-bond donors (Lipinski definition) is 0. The minimum atomic E-state index is -0.250. The highest BCUT2D eigenvalue weighted by atomic mass is 16.5. The third kappa shape index (κ3) is 3.84. The molecule has 27 heavy (non-hydrogen) atoms. The maximum Gasteiger partial charge on any atom is 0.261 e. The van der Waals surface area contributed by atoms with E-state index in [9.17, 15) is 4.79 Å². The number of rotatable bonds is 5. The van der Waals surface area contributed by atoms with Gasteiger partial charge >= 0.3 is 0 Å². The van der Waals surface area contributed by atoms with Gasteiger partial charge in [-0.25, -0.2) is 0 Å². The van der Waals surface area contributed by atoms with E-state index in [-0.39, 0.29) is 18.6 Å². The SMILES string of the molecule is Cc1cc(-c2noc(C3CCCCN3C(=O)COc3ccccc3)n2)no1. The van der Waals surface area contributed by atoms with Crippen LogP contribution >= 0.6 is 0 Å². The topological polar surface area (TPSA) is 94.5 Å². The second-order valence-corrected chi connectivity index (χ2v) is 6.48. The molecule has 3 aromatic rings. The number of benzene rings is 1. The molecular weight excluding hydrogens is 348 g/mol. The molecule has 0 aliphatic carbocycles. The molecule has 1 atom stereocenters. The first kappa shape index (κ1) is 17.3. The lowest BCUT2D eigenvalue weighted by Crippen LogP contribution is -2.41. The third-order valence-electron chi connectivity index (χ3n) is 4.51. The fraction of sp³-hybridized carbons (Fsp3) is 0.368. The zero-order valence-corrected chi connectivity index (χ0v) is 15.0. The highest BCUT2D eigenvalue weighted by molar-refractivity contribution is 5.78. The van der Waals surface area contributed by atoms with Gasteiger partial charge in [0.15, 0.2) is 12.3 Å². The Kier molecular flexibility index (Phi) is 4.86. The van der Waals surface area contributed by atoms with Gasteiger partial charge in [-0.3, -0.25) is 4.79 Å². The first-order valence-electron chi connectivity index (χ1n) is 8.95. The number of amides is 1. The summed E-state index contributed by atoms with van der Waals surface area (Å²) in [5, 5.41) is 7.89. The summed E-state index contributed by atoms with van der Waals surface area (Å²) in [5.41, 5.74) is 0.517. The fourth-order valence-corrected chi connectivity index (χ4v) is 3.18. The van der Waals surface area contributed by atoms with Crippen LogP contribution in [0.15, 0.2) is 45.4 Å². The number of carbonyl (C=O) groups excluding carboxylic acids is 1. The van der Waals surface area contributed by atoms with Crippen LogP contribution in [0.4, 0.5) is 0 Å². The number of likely N-dealkylation sites (tertiary alicyclic amines) is 1. The summed E-state index contributed by atoms with van der Waals surface area (Å²) in [5.74, 6) is 2.02. The molecule has 0 saturated carbocycles. The van der Waals surface area contributed by atoms with Crippen LogP contribution in [-0.4, -0.2) is 39.3 Å². The Morgan fingerprint density at radius 1 is 1.22 bits per heavy atom. The van der Waals surface area contributed by atoms with Crippen molar-refractivity contribution in [2.75, 3.05) is 13.2 Å². The minimum Gasteiger partial charge on any atom is -0.484 e. The van der Waals surface area contributed by atoms with Crippen molar-refractivity contribution in [1.82, 2.24) is 20.2 Å². The largest absolute Gasteiger partial charge is 0.484 e. The summed E-state index contributed by atoms with van der Waals surface area (Å²) >= 11 is 0. The van der Waals surface area contributed by atoms with Crippen molar-refractivity contribution in [3.8, 4) is 17.3 Å². The molecule has 8 heteroatoms. The first-order chi connectivity index (χ1) is 13.2. The molecule has 140 valence electrons.